The molecule has 2 aromatic rings. The van der Waals surface area contributed by atoms with E-state index < -0.39 is 10.0 Å². The third-order valence-electron chi connectivity index (χ3n) is 4.08. The highest BCUT2D eigenvalue weighted by Gasteiger charge is 2.19. The Morgan fingerprint density at radius 1 is 1.12 bits per heavy atom. The van der Waals surface area contributed by atoms with E-state index in [-0.39, 0.29) is 6.04 Å². The topological polar surface area (TPSA) is 66.3 Å². The van der Waals surface area contributed by atoms with Gasteiger partial charge in [0.2, 0.25) is 0 Å². The molecule has 0 fully saturated rings. The van der Waals surface area contributed by atoms with Crippen molar-refractivity contribution >= 4 is 16.4 Å². The van der Waals surface area contributed by atoms with Gasteiger partial charge in [0.25, 0.3) is 0 Å². The van der Waals surface area contributed by atoms with E-state index in [4.69, 9.17) is 0 Å². The second-order valence-electron chi connectivity index (χ2n) is 6.22. The van der Waals surface area contributed by atoms with Crippen molar-refractivity contribution in [3.63, 3.8) is 0 Å². The van der Waals surface area contributed by atoms with Crippen LogP contribution in [0.1, 0.15) is 18.1 Å². The predicted molar refractivity (Wildman–Crippen MR) is 101 cm³/mol. The number of rotatable bonds is 8. The van der Waals surface area contributed by atoms with Crippen LogP contribution in [-0.2, 0) is 16.6 Å². The van der Waals surface area contributed by atoms with Crippen molar-refractivity contribution in [2.45, 2.75) is 31.3 Å². The number of quaternary nitrogens is 1. The Morgan fingerprint density at radius 2 is 1.76 bits per heavy atom. The SMILES string of the molecule is Cc1ccc(S(=O)(=O)[NH2+]CC(C)N(C)C=NCc2ccccc2)cc1. The number of benzene rings is 2. The van der Waals surface area contributed by atoms with Crippen molar-refractivity contribution in [2.24, 2.45) is 4.99 Å². The molecule has 0 aliphatic carbocycles. The molecule has 0 amide bonds. The Balaban J connectivity index is 1.86. The summed E-state index contributed by atoms with van der Waals surface area (Å²) < 4.78 is 26.1. The smallest absolute Gasteiger partial charge is 0.324 e. The molecule has 1 atom stereocenters. The third-order valence-corrected chi connectivity index (χ3v) is 5.64. The Labute approximate surface area is 150 Å². The Kier molecular flexibility index (Phi) is 6.73. The number of sulfonamides is 1. The van der Waals surface area contributed by atoms with Crippen molar-refractivity contribution in [2.75, 3.05) is 13.6 Å². The van der Waals surface area contributed by atoms with E-state index in [2.05, 4.69) is 4.99 Å². The largest absolute Gasteiger partial charge is 0.358 e. The number of likely N-dealkylation sites (N-methyl/N-ethyl adjacent to an activating group) is 1. The van der Waals surface area contributed by atoms with E-state index >= 15 is 0 Å². The average molecular weight is 361 g/mol. The molecular formula is C19H26N3O2S+. The maximum atomic E-state index is 12.4. The minimum absolute atomic E-state index is 0.0414. The van der Waals surface area contributed by atoms with Gasteiger partial charge in [-0.25, -0.2) is 4.72 Å². The molecule has 0 aliphatic rings. The first-order chi connectivity index (χ1) is 11.9. The van der Waals surface area contributed by atoms with Gasteiger partial charge in [-0.3, -0.25) is 4.99 Å². The van der Waals surface area contributed by atoms with Gasteiger partial charge in [-0.1, -0.05) is 48.0 Å². The lowest BCUT2D eigenvalue weighted by Crippen LogP contribution is -2.89. The predicted octanol–water partition coefficient (Wildman–Crippen LogP) is 1.80. The number of primary sulfonamides is 1. The molecule has 0 aromatic heterocycles. The number of hydrogen-bond donors (Lipinski definition) is 1. The first kappa shape index (κ1) is 19.1. The number of nitrogens with two attached hydrogens (primary N) is 1. The van der Waals surface area contributed by atoms with Crippen molar-refractivity contribution in [3.05, 3.63) is 65.7 Å². The van der Waals surface area contributed by atoms with E-state index in [1.165, 1.54) is 4.72 Å². The molecule has 134 valence electrons. The van der Waals surface area contributed by atoms with Gasteiger partial charge in [-0.2, -0.15) is 8.42 Å². The molecule has 0 spiro atoms. The fourth-order valence-corrected chi connectivity index (χ4v) is 3.47. The fourth-order valence-electron chi connectivity index (χ4n) is 2.23. The maximum Gasteiger partial charge on any atom is 0.324 e. The van der Waals surface area contributed by atoms with Gasteiger partial charge in [0.05, 0.1) is 18.9 Å². The summed E-state index contributed by atoms with van der Waals surface area (Å²) in [5.74, 6) is 0. The normalized spacial score (nSPS) is 13.1. The van der Waals surface area contributed by atoms with E-state index in [0.717, 1.165) is 11.1 Å². The van der Waals surface area contributed by atoms with Crippen LogP contribution < -0.4 is 4.72 Å². The number of aryl methyl sites for hydroxylation is 1. The molecule has 2 rings (SSSR count). The number of nitrogens with zero attached hydrogens (tertiary/aromatic N) is 2. The minimum Gasteiger partial charge on any atom is -0.358 e. The van der Waals surface area contributed by atoms with Crippen molar-refractivity contribution in [1.29, 1.82) is 0 Å². The van der Waals surface area contributed by atoms with Crippen LogP contribution in [0.3, 0.4) is 0 Å². The quantitative estimate of drug-likeness (QED) is 0.577. The molecule has 0 radical (unpaired) electrons. The fraction of sp³-hybridized carbons (Fsp3) is 0.316. The van der Waals surface area contributed by atoms with Crippen LogP contribution in [0.25, 0.3) is 0 Å². The lowest BCUT2D eigenvalue weighted by atomic mass is 10.2. The molecule has 25 heavy (non-hydrogen) atoms. The average Bonchev–Trinajstić information content (AvgIpc) is 2.61. The van der Waals surface area contributed by atoms with Gasteiger partial charge >= 0.3 is 10.0 Å². The number of aliphatic imine (C=N–C) groups is 1. The monoisotopic (exact) mass is 360 g/mol. The zero-order valence-corrected chi connectivity index (χ0v) is 15.8. The van der Waals surface area contributed by atoms with E-state index in [1.54, 1.807) is 18.5 Å². The lowest BCUT2D eigenvalue weighted by Gasteiger charge is -2.20. The zero-order chi connectivity index (χ0) is 18.3. The van der Waals surface area contributed by atoms with E-state index in [0.29, 0.717) is 18.0 Å². The summed E-state index contributed by atoms with van der Waals surface area (Å²) in [5, 5.41) is 0. The van der Waals surface area contributed by atoms with Gasteiger partial charge in [-0.05, 0) is 31.5 Å². The van der Waals surface area contributed by atoms with Crippen LogP contribution in [0.5, 0.6) is 0 Å². The van der Waals surface area contributed by atoms with Gasteiger partial charge in [0.15, 0.2) is 0 Å². The first-order valence-corrected chi connectivity index (χ1v) is 9.84. The van der Waals surface area contributed by atoms with Gasteiger partial charge in [-0.15, -0.1) is 0 Å². The summed E-state index contributed by atoms with van der Waals surface area (Å²) in [4.78, 5) is 6.69. The molecule has 5 nitrogen and oxygen atoms in total. The van der Waals surface area contributed by atoms with Gasteiger partial charge in [0, 0.05) is 7.05 Å². The molecule has 0 saturated carbocycles. The molecule has 0 heterocycles. The highest BCUT2D eigenvalue weighted by Crippen LogP contribution is 2.07. The highest BCUT2D eigenvalue weighted by molar-refractivity contribution is 7.84. The lowest BCUT2D eigenvalue weighted by molar-refractivity contribution is -0.501. The van der Waals surface area contributed by atoms with E-state index in [1.807, 2.05) is 68.3 Å². The summed E-state index contributed by atoms with van der Waals surface area (Å²) >= 11 is 0. The maximum absolute atomic E-state index is 12.4. The van der Waals surface area contributed by atoms with E-state index in [9.17, 15) is 8.42 Å². The standard InChI is InChI=1S/C19H25N3O2S/c1-16-9-11-19(12-10-16)25(23,24)21-13-17(2)22(3)15-20-14-18-7-5-4-6-8-18/h4-12,15,17,21H,13-14H2,1-3H3/p+1. The van der Waals surface area contributed by atoms with Crippen molar-refractivity contribution in [1.82, 2.24) is 4.90 Å². The second kappa shape index (κ2) is 8.78. The van der Waals surface area contributed by atoms with Crippen LogP contribution in [-0.4, -0.2) is 39.3 Å². The van der Waals surface area contributed by atoms with Gasteiger partial charge < -0.3 is 4.90 Å². The molecule has 1 unspecified atom stereocenters. The van der Waals surface area contributed by atoms with Crippen LogP contribution >= 0.6 is 0 Å². The van der Waals surface area contributed by atoms with Crippen LogP contribution in [0, 0.1) is 6.92 Å². The summed E-state index contributed by atoms with van der Waals surface area (Å²) in [7, 11) is -1.46. The molecule has 0 bridgehead atoms. The Hall–Kier alpha value is -2.18. The summed E-state index contributed by atoms with van der Waals surface area (Å²) in [6.45, 7) is 4.97. The zero-order valence-electron chi connectivity index (χ0n) is 15.0. The molecular weight excluding hydrogens is 334 g/mol. The molecule has 2 aromatic carbocycles. The van der Waals surface area contributed by atoms with Crippen LogP contribution in [0.15, 0.2) is 64.5 Å². The van der Waals surface area contributed by atoms with Crippen molar-refractivity contribution in [3.8, 4) is 0 Å². The molecule has 2 N–H and O–H groups in total. The molecule has 6 heteroatoms. The molecule has 0 saturated heterocycles. The summed E-state index contributed by atoms with van der Waals surface area (Å²) in [6, 6.07) is 17.0. The Morgan fingerprint density at radius 3 is 2.40 bits per heavy atom. The van der Waals surface area contributed by atoms with Crippen molar-refractivity contribution < 1.29 is 13.1 Å². The Bertz CT molecular complexity index is 787. The number of hydrogen-bond acceptors (Lipinski definition) is 3. The highest BCUT2D eigenvalue weighted by atomic mass is 32.2. The summed E-state index contributed by atoms with van der Waals surface area (Å²) in [6.07, 6.45) is 1.77. The first-order valence-electron chi connectivity index (χ1n) is 8.29. The summed E-state index contributed by atoms with van der Waals surface area (Å²) in [5.41, 5.74) is 2.19. The van der Waals surface area contributed by atoms with Gasteiger partial charge in [0.1, 0.15) is 11.4 Å². The minimum atomic E-state index is -3.37. The molecule has 0 aliphatic heterocycles. The van der Waals surface area contributed by atoms with Crippen LogP contribution in [0.2, 0.25) is 0 Å². The third kappa shape index (κ3) is 5.99. The van der Waals surface area contributed by atoms with Crippen LogP contribution in [0.4, 0.5) is 0 Å². The second-order valence-corrected chi connectivity index (χ2v) is 8.11.